The number of carbonyl (C=O) groups is 1. The molecule has 0 amide bonds. The van der Waals surface area contributed by atoms with Gasteiger partial charge in [-0.05, 0) is 26.1 Å². The zero-order valence-corrected chi connectivity index (χ0v) is 10.8. The number of pyridine rings is 1. The van der Waals surface area contributed by atoms with Gasteiger partial charge in [-0.15, -0.1) is 0 Å². The van der Waals surface area contributed by atoms with Gasteiger partial charge in [0.1, 0.15) is 12.0 Å². The van der Waals surface area contributed by atoms with E-state index in [0.29, 0.717) is 12.2 Å². The Morgan fingerprint density at radius 1 is 1.53 bits per heavy atom. The molecule has 1 N–H and O–H groups in total. The van der Waals surface area contributed by atoms with Crippen LogP contribution in [0.2, 0.25) is 0 Å². The summed E-state index contributed by atoms with van der Waals surface area (Å²) in [6.45, 7) is 2.40. The first kappa shape index (κ1) is 13.2. The van der Waals surface area contributed by atoms with Crippen LogP contribution < -0.4 is 0 Å². The van der Waals surface area contributed by atoms with Gasteiger partial charge in [-0.2, -0.15) is 0 Å². The summed E-state index contributed by atoms with van der Waals surface area (Å²) in [5, 5.41) is 13.0. The van der Waals surface area contributed by atoms with Crippen LogP contribution in [0.1, 0.15) is 34.7 Å². The quantitative estimate of drug-likeness (QED) is 0.886. The lowest BCUT2D eigenvalue weighted by Gasteiger charge is -2.22. The summed E-state index contributed by atoms with van der Waals surface area (Å²) in [5.41, 5.74) is 1.56. The number of hydrogen-bond donors (Lipinski definition) is 1. The van der Waals surface area contributed by atoms with Gasteiger partial charge in [-0.25, -0.2) is 4.79 Å². The summed E-state index contributed by atoms with van der Waals surface area (Å²) in [6.07, 6.45) is 3.11. The van der Waals surface area contributed by atoms with Crippen LogP contribution in [0.5, 0.6) is 0 Å². The van der Waals surface area contributed by atoms with Crippen molar-refractivity contribution in [3.05, 3.63) is 47.6 Å². The van der Waals surface area contributed by atoms with E-state index in [1.165, 1.54) is 6.26 Å². The summed E-state index contributed by atoms with van der Waals surface area (Å²) in [6, 6.07) is 4.98. The molecule has 0 spiro atoms. The Labute approximate surface area is 110 Å². The lowest BCUT2D eigenvalue weighted by atomic mass is 10.1. The molecule has 0 fully saturated rings. The minimum atomic E-state index is -0.967. The van der Waals surface area contributed by atoms with Gasteiger partial charge in [0.05, 0.1) is 17.3 Å². The second kappa shape index (κ2) is 5.62. The number of carboxylic acid groups (broad SMARTS) is 1. The van der Waals surface area contributed by atoms with E-state index < -0.39 is 5.97 Å². The molecule has 0 saturated carbocycles. The van der Waals surface area contributed by atoms with Crippen molar-refractivity contribution in [2.45, 2.75) is 19.5 Å². The maximum absolute atomic E-state index is 11.1. The molecule has 0 aliphatic heterocycles. The van der Waals surface area contributed by atoms with Crippen LogP contribution >= 0.6 is 0 Å². The average Bonchev–Trinajstić information content (AvgIpc) is 2.92. The maximum Gasteiger partial charge on any atom is 0.337 e. The molecule has 1 atom stereocenters. The zero-order chi connectivity index (χ0) is 13.8. The highest BCUT2D eigenvalue weighted by molar-refractivity contribution is 5.88. The highest BCUT2D eigenvalue weighted by Gasteiger charge is 2.18. The van der Waals surface area contributed by atoms with Crippen molar-refractivity contribution in [1.82, 2.24) is 15.0 Å². The van der Waals surface area contributed by atoms with Gasteiger partial charge in [-0.3, -0.25) is 9.88 Å². The Morgan fingerprint density at radius 2 is 2.32 bits per heavy atom. The monoisotopic (exact) mass is 261 g/mol. The van der Waals surface area contributed by atoms with E-state index in [0.717, 1.165) is 5.69 Å². The molecule has 2 heterocycles. The fraction of sp³-hybridized carbons (Fsp3) is 0.308. The molecule has 6 nitrogen and oxygen atoms in total. The first-order chi connectivity index (χ1) is 9.09. The van der Waals surface area contributed by atoms with Crippen LogP contribution in [0.15, 0.2) is 35.2 Å². The van der Waals surface area contributed by atoms with E-state index >= 15 is 0 Å². The van der Waals surface area contributed by atoms with E-state index in [9.17, 15) is 4.79 Å². The minimum absolute atomic E-state index is 0.0161. The van der Waals surface area contributed by atoms with Crippen LogP contribution in [0.3, 0.4) is 0 Å². The van der Waals surface area contributed by atoms with Crippen molar-refractivity contribution in [3.63, 3.8) is 0 Å². The SMILES string of the molecule is CC(c1ccon1)N(C)Cc1ncccc1C(=O)O. The Hall–Kier alpha value is -2.21. The Bertz CT molecular complexity index is 554. The highest BCUT2D eigenvalue weighted by atomic mass is 16.5. The van der Waals surface area contributed by atoms with Crippen molar-refractivity contribution in [2.75, 3.05) is 7.05 Å². The van der Waals surface area contributed by atoms with Crippen molar-refractivity contribution < 1.29 is 14.4 Å². The molecular formula is C13H15N3O3. The minimum Gasteiger partial charge on any atom is -0.478 e. The molecule has 100 valence electrons. The maximum atomic E-state index is 11.1. The number of nitrogens with zero attached hydrogens (tertiary/aromatic N) is 3. The lowest BCUT2D eigenvalue weighted by molar-refractivity contribution is 0.0693. The van der Waals surface area contributed by atoms with Gasteiger partial charge in [-0.1, -0.05) is 5.16 Å². The fourth-order valence-electron chi connectivity index (χ4n) is 1.80. The third-order valence-corrected chi connectivity index (χ3v) is 3.07. The summed E-state index contributed by atoms with van der Waals surface area (Å²) in [4.78, 5) is 17.2. The van der Waals surface area contributed by atoms with Crippen molar-refractivity contribution in [2.24, 2.45) is 0 Å². The molecule has 2 aromatic heterocycles. The molecule has 0 aliphatic rings. The van der Waals surface area contributed by atoms with Gasteiger partial charge >= 0.3 is 5.97 Å². The lowest BCUT2D eigenvalue weighted by Crippen LogP contribution is -2.24. The molecule has 0 saturated heterocycles. The number of hydrogen-bond acceptors (Lipinski definition) is 5. The first-order valence-corrected chi connectivity index (χ1v) is 5.87. The molecule has 0 bridgehead atoms. The van der Waals surface area contributed by atoms with E-state index in [1.807, 2.05) is 18.9 Å². The topological polar surface area (TPSA) is 79.5 Å². The molecule has 19 heavy (non-hydrogen) atoms. The zero-order valence-electron chi connectivity index (χ0n) is 10.8. The Morgan fingerprint density at radius 3 is 2.95 bits per heavy atom. The Kier molecular flexibility index (Phi) is 3.91. The summed E-state index contributed by atoms with van der Waals surface area (Å²) in [7, 11) is 1.89. The van der Waals surface area contributed by atoms with E-state index in [2.05, 4.69) is 10.1 Å². The predicted octanol–water partition coefficient (Wildman–Crippen LogP) is 1.96. The predicted molar refractivity (Wildman–Crippen MR) is 67.6 cm³/mol. The van der Waals surface area contributed by atoms with Gasteiger partial charge in [0.15, 0.2) is 0 Å². The van der Waals surface area contributed by atoms with Crippen molar-refractivity contribution >= 4 is 5.97 Å². The van der Waals surface area contributed by atoms with E-state index in [1.54, 1.807) is 24.4 Å². The molecular weight excluding hydrogens is 246 g/mol. The Balaban J connectivity index is 2.15. The normalized spacial score (nSPS) is 12.6. The number of rotatable bonds is 5. The third kappa shape index (κ3) is 2.97. The third-order valence-electron chi connectivity index (χ3n) is 3.07. The highest BCUT2D eigenvalue weighted by Crippen LogP contribution is 2.19. The van der Waals surface area contributed by atoms with Crippen molar-refractivity contribution in [1.29, 1.82) is 0 Å². The summed E-state index contributed by atoms with van der Waals surface area (Å²) < 4.78 is 4.81. The van der Waals surface area contributed by atoms with Gasteiger partial charge < -0.3 is 9.63 Å². The molecule has 0 radical (unpaired) electrons. The smallest absolute Gasteiger partial charge is 0.337 e. The fourth-order valence-corrected chi connectivity index (χ4v) is 1.80. The summed E-state index contributed by atoms with van der Waals surface area (Å²) in [5.74, 6) is -0.967. The van der Waals surface area contributed by atoms with Gasteiger partial charge in [0.2, 0.25) is 0 Å². The molecule has 1 unspecified atom stereocenters. The van der Waals surface area contributed by atoms with Crippen LogP contribution in [-0.4, -0.2) is 33.2 Å². The van der Waals surface area contributed by atoms with Crippen LogP contribution in [0.4, 0.5) is 0 Å². The number of aromatic carboxylic acids is 1. The molecule has 2 rings (SSSR count). The van der Waals surface area contributed by atoms with Gasteiger partial charge in [0.25, 0.3) is 0 Å². The largest absolute Gasteiger partial charge is 0.478 e. The molecule has 6 heteroatoms. The van der Waals surface area contributed by atoms with Crippen LogP contribution in [0.25, 0.3) is 0 Å². The summed E-state index contributed by atoms with van der Waals surface area (Å²) >= 11 is 0. The van der Waals surface area contributed by atoms with Crippen LogP contribution in [0, 0.1) is 0 Å². The van der Waals surface area contributed by atoms with Crippen LogP contribution in [-0.2, 0) is 6.54 Å². The number of aromatic nitrogens is 2. The average molecular weight is 261 g/mol. The second-order valence-electron chi connectivity index (χ2n) is 4.32. The molecule has 2 aromatic rings. The molecule has 0 aliphatic carbocycles. The van der Waals surface area contributed by atoms with Gasteiger partial charge in [0, 0.05) is 18.8 Å². The molecule has 0 aromatic carbocycles. The first-order valence-electron chi connectivity index (χ1n) is 5.87. The number of carboxylic acids is 1. The second-order valence-corrected chi connectivity index (χ2v) is 4.32. The van der Waals surface area contributed by atoms with Crippen molar-refractivity contribution in [3.8, 4) is 0 Å². The standard InChI is InChI=1S/C13H15N3O3/c1-9(11-5-7-19-15-11)16(2)8-12-10(13(17)18)4-3-6-14-12/h3-7,9H,8H2,1-2H3,(H,17,18). The van der Waals surface area contributed by atoms with E-state index in [4.69, 9.17) is 9.63 Å². The van der Waals surface area contributed by atoms with E-state index in [-0.39, 0.29) is 11.6 Å².